The van der Waals surface area contributed by atoms with Crippen molar-refractivity contribution in [2.75, 3.05) is 25.5 Å². The molecule has 2 aromatic rings. The van der Waals surface area contributed by atoms with Gasteiger partial charge in [-0.1, -0.05) is 17.7 Å². The van der Waals surface area contributed by atoms with Gasteiger partial charge in [0.05, 0.1) is 0 Å². The molecule has 7 heteroatoms. The smallest absolute Gasteiger partial charge is 0.224 e. The molecule has 0 bridgehead atoms. The number of carbonyl (C=O) groups excluding carboxylic acids is 1. The van der Waals surface area contributed by atoms with E-state index in [9.17, 15) is 4.79 Å². The van der Waals surface area contributed by atoms with E-state index >= 15 is 0 Å². The summed E-state index contributed by atoms with van der Waals surface area (Å²) in [6, 6.07) is 11.3. The van der Waals surface area contributed by atoms with E-state index in [4.69, 9.17) is 11.6 Å². The van der Waals surface area contributed by atoms with Crippen LogP contribution in [0.25, 0.3) is 0 Å². The van der Waals surface area contributed by atoms with Gasteiger partial charge in [0.15, 0.2) is 5.96 Å². The molecule has 0 atom stereocenters. The first-order valence-corrected chi connectivity index (χ1v) is 9.45. The standard InChI is InChI=1S/C18H23ClN4OS/c1-20-18(22-12-10-16-4-3-13-25-16)21-11-2-5-17(24)23-15-8-6-14(19)7-9-15/h3-4,6-9,13H,2,5,10-12H2,1H3,(H,23,24)(H2,20,21,22). The van der Waals surface area contributed by atoms with E-state index in [1.807, 2.05) is 0 Å². The summed E-state index contributed by atoms with van der Waals surface area (Å²) in [4.78, 5) is 17.4. The number of rotatable bonds is 8. The third kappa shape index (κ3) is 7.58. The summed E-state index contributed by atoms with van der Waals surface area (Å²) < 4.78 is 0. The third-order valence-electron chi connectivity index (χ3n) is 3.47. The van der Waals surface area contributed by atoms with Crippen molar-refractivity contribution in [3.8, 4) is 0 Å². The normalized spacial score (nSPS) is 11.2. The Labute approximate surface area is 157 Å². The predicted octanol–water partition coefficient (Wildman–Crippen LogP) is 3.53. The van der Waals surface area contributed by atoms with Crippen LogP contribution in [0.2, 0.25) is 5.02 Å². The summed E-state index contributed by atoms with van der Waals surface area (Å²) in [5, 5.41) is 12.1. The van der Waals surface area contributed by atoms with E-state index in [1.165, 1.54) is 4.88 Å². The maximum Gasteiger partial charge on any atom is 0.224 e. The second-order valence-corrected chi connectivity index (χ2v) is 6.88. The number of thiophene rings is 1. The van der Waals surface area contributed by atoms with E-state index in [1.54, 1.807) is 42.6 Å². The fraction of sp³-hybridized carbons (Fsp3) is 0.333. The van der Waals surface area contributed by atoms with E-state index in [0.29, 0.717) is 18.0 Å². The Balaban J connectivity index is 1.58. The largest absolute Gasteiger partial charge is 0.356 e. The van der Waals surface area contributed by atoms with Gasteiger partial charge in [-0.05, 0) is 48.6 Å². The zero-order valence-electron chi connectivity index (χ0n) is 14.2. The van der Waals surface area contributed by atoms with Gasteiger partial charge in [-0.2, -0.15) is 0 Å². The number of amides is 1. The summed E-state index contributed by atoms with van der Waals surface area (Å²) in [5.41, 5.74) is 0.758. The van der Waals surface area contributed by atoms with E-state index in [2.05, 4.69) is 38.5 Å². The number of halogens is 1. The van der Waals surface area contributed by atoms with Crippen LogP contribution >= 0.6 is 22.9 Å². The molecule has 1 aromatic heterocycles. The molecule has 0 unspecified atom stereocenters. The average molecular weight is 379 g/mol. The van der Waals surface area contributed by atoms with Gasteiger partial charge in [-0.25, -0.2) is 0 Å². The summed E-state index contributed by atoms with van der Waals surface area (Å²) in [5.74, 6) is 0.749. The molecule has 3 N–H and O–H groups in total. The molecule has 2 rings (SSSR count). The van der Waals surface area contributed by atoms with Crippen LogP contribution in [-0.2, 0) is 11.2 Å². The second kappa shape index (κ2) is 10.7. The van der Waals surface area contributed by atoms with Crippen LogP contribution in [0.1, 0.15) is 17.7 Å². The maximum absolute atomic E-state index is 11.9. The molecule has 0 aliphatic rings. The van der Waals surface area contributed by atoms with Crippen molar-refractivity contribution in [3.63, 3.8) is 0 Å². The highest BCUT2D eigenvalue weighted by Crippen LogP contribution is 2.13. The van der Waals surface area contributed by atoms with Crippen molar-refractivity contribution in [2.45, 2.75) is 19.3 Å². The van der Waals surface area contributed by atoms with Crippen LogP contribution in [0.4, 0.5) is 5.69 Å². The first-order valence-electron chi connectivity index (χ1n) is 8.19. The van der Waals surface area contributed by atoms with Crippen molar-refractivity contribution in [1.82, 2.24) is 10.6 Å². The van der Waals surface area contributed by atoms with E-state index < -0.39 is 0 Å². The number of hydrogen-bond acceptors (Lipinski definition) is 3. The molecule has 134 valence electrons. The van der Waals surface area contributed by atoms with Crippen LogP contribution < -0.4 is 16.0 Å². The summed E-state index contributed by atoms with van der Waals surface area (Å²) >= 11 is 7.58. The van der Waals surface area contributed by atoms with Gasteiger partial charge in [-0.15, -0.1) is 11.3 Å². The lowest BCUT2D eigenvalue weighted by atomic mass is 10.2. The summed E-state index contributed by atoms with van der Waals surface area (Å²) in [6.07, 6.45) is 2.15. The van der Waals surface area contributed by atoms with Crippen molar-refractivity contribution in [3.05, 3.63) is 51.7 Å². The quantitative estimate of drug-likeness (QED) is 0.374. The fourth-order valence-electron chi connectivity index (χ4n) is 2.19. The lowest BCUT2D eigenvalue weighted by Crippen LogP contribution is -2.38. The molecule has 0 aliphatic carbocycles. The second-order valence-electron chi connectivity index (χ2n) is 5.41. The van der Waals surface area contributed by atoms with Crippen molar-refractivity contribution in [2.24, 2.45) is 4.99 Å². The minimum atomic E-state index is -0.00948. The van der Waals surface area contributed by atoms with Gasteiger partial charge in [0.1, 0.15) is 0 Å². The number of hydrogen-bond donors (Lipinski definition) is 3. The topological polar surface area (TPSA) is 65.5 Å². The van der Waals surface area contributed by atoms with Crippen molar-refractivity contribution < 1.29 is 4.79 Å². The predicted molar refractivity (Wildman–Crippen MR) is 107 cm³/mol. The molecule has 1 heterocycles. The van der Waals surface area contributed by atoms with Crippen LogP contribution in [-0.4, -0.2) is 32.0 Å². The molecule has 5 nitrogen and oxygen atoms in total. The van der Waals surface area contributed by atoms with Crippen LogP contribution in [0, 0.1) is 0 Å². The highest BCUT2D eigenvalue weighted by molar-refractivity contribution is 7.09. The molecule has 25 heavy (non-hydrogen) atoms. The Morgan fingerprint density at radius 3 is 2.60 bits per heavy atom. The number of nitrogens with one attached hydrogen (secondary N) is 3. The zero-order chi connectivity index (χ0) is 17.9. The average Bonchev–Trinajstić information content (AvgIpc) is 3.12. The van der Waals surface area contributed by atoms with Gasteiger partial charge < -0.3 is 16.0 Å². The zero-order valence-corrected chi connectivity index (χ0v) is 15.8. The number of guanidine groups is 1. The number of nitrogens with zero attached hydrogens (tertiary/aromatic N) is 1. The number of benzene rings is 1. The molecule has 1 amide bonds. The fourth-order valence-corrected chi connectivity index (χ4v) is 3.03. The van der Waals surface area contributed by atoms with Crippen molar-refractivity contribution >= 4 is 40.5 Å². The number of aliphatic imine (C=N–C) groups is 1. The molecular formula is C18H23ClN4OS. The summed E-state index contributed by atoms with van der Waals surface area (Å²) in [6.45, 7) is 1.52. The molecule has 1 aromatic carbocycles. The number of anilines is 1. The first-order chi connectivity index (χ1) is 12.2. The molecule has 0 radical (unpaired) electrons. The molecule has 0 saturated heterocycles. The Morgan fingerprint density at radius 1 is 1.16 bits per heavy atom. The molecule has 0 saturated carbocycles. The Bertz CT molecular complexity index is 671. The third-order valence-corrected chi connectivity index (χ3v) is 4.66. The maximum atomic E-state index is 11.9. The highest BCUT2D eigenvalue weighted by Gasteiger charge is 2.03. The minimum absolute atomic E-state index is 0.00948. The van der Waals surface area contributed by atoms with Crippen LogP contribution in [0.3, 0.4) is 0 Å². The van der Waals surface area contributed by atoms with E-state index in [0.717, 1.165) is 31.0 Å². The van der Waals surface area contributed by atoms with Gasteiger partial charge in [0.25, 0.3) is 0 Å². The molecule has 0 spiro atoms. The van der Waals surface area contributed by atoms with Crippen molar-refractivity contribution in [1.29, 1.82) is 0 Å². The van der Waals surface area contributed by atoms with Crippen LogP contribution in [0.15, 0.2) is 46.8 Å². The SMILES string of the molecule is CN=C(NCCCC(=O)Nc1ccc(Cl)cc1)NCCc1cccs1. The monoisotopic (exact) mass is 378 g/mol. The summed E-state index contributed by atoms with van der Waals surface area (Å²) in [7, 11) is 1.74. The van der Waals surface area contributed by atoms with E-state index in [-0.39, 0.29) is 5.91 Å². The van der Waals surface area contributed by atoms with Gasteiger partial charge >= 0.3 is 0 Å². The lowest BCUT2D eigenvalue weighted by molar-refractivity contribution is -0.116. The van der Waals surface area contributed by atoms with Gasteiger partial charge in [0.2, 0.25) is 5.91 Å². The lowest BCUT2D eigenvalue weighted by Gasteiger charge is -2.11. The minimum Gasteiger partial charge on any atom is -0.356 e. The molecular weight excluding hydrogens is 356 g/mol. The Kier molecular flexibility index (Phi) is 8.28. The molecule has 0 fully saturated rings. The van der Waals surface area contributed by atoms with Gasteiger partial charge in [-0.3, -0.25) is 9.79 Å². The highest BCUT2D eigenvalue weighted by atomic mass is 35.5. The molecule has 0 aliphatic heterocycles. The Hall–Kier alpha value is -2.05. The first kappa shape index (κ1) is 19.3. The Morgan fingerprint density at radius 2 is 1.92 bits per heavy atom. The number of carbonyl (C=O) groups is 1. The van der Waals surface area contributed by atoms with Crippen LogP contribution in [0.5, 0.6) is 0 Å². The van der Waals surface area contributed by atoms with Gasteiger partial charge in [0, 0.05) is 42.1 Å².